The van der Waals surface area contributed by atoms with Gasteiger partial charge in [-0.15, -0.1) is 0 Å². The Labute approximate surface area is 392 Å². The molecule has 0 radical (unpaired) electrons. The Morgan fingerprint density at radius 1 is 0.803 bits per heavy atom. The van der Waals surface area contributed by atoms with E-state index in [4.69, 9.17) is 23.9 Å². The van der Waals surface area contributed by atoms with Crippen LogP contribution in [0.3, 0.4) is 0 Å². The van der Waals surface area contributed by atoms with Gasteiger partial charge >= 0.3 is 0 Å². The molecule has 66 heavy (non-hydrogen) atoms. The van der Waals surface area contributed by atoms with Crippen LogP contribution in [-0.4, -0.2) is 80.8 Å². The number of carbonyl (C=O) groups is 3. The lowest BCUT2D eigenvalue weighted by Crippen LogP contribution is -2.37. The average molecular weight is 907 g/mol. The number of hydrogen-bond acceptors (Lipinski definition) is 10. The van der Waals surface area contributed by atoms with E-state index in [0.29, 0.717) is 48.7 Å². The van der Waals surface area contributed by atoms with Crippen molar-refractivity contribution < 1.29 is 33.3 Å². The predicted octanol–water partition coefficient (Wildman–Crippen LogP) is 9.91. The molecule has 0 aliphatic carbocycles. The number of anilines is 3. The molecule has 11 nitrogen and oxygen atoms in total. The zero-order valence-electron chi connectivity index (χ0n) is 38.7. The number of ketones is 1. The van der Waals surface area contributed by atoms with E-state index in [1.807, 2.05) is 71.5 Å². The summed E-state index contributed by atoms with van der Waals surface area (Å²) in [6.45, 7) is 7.89. The summed E-state index contributed by atoms with van der Waals surface area (Å²) >= 11 is 1.77. The molecule has 2 atom stereocenters. The van der Waals surface area contributed by atoms with Crippen molar-refractivity contribution in [2.45, 2.75) is 89.3 Å². The maximum Gasteiger partial charge on any atom is 0.261 e. The summed E-state index contributed by atoms with van der Waals surface area (Å²) in [6, 6.07) is 29.9. The second-order valence-corrected chi connectivity index (χ2v) is 19.9. The third-order valence-corrected chi connectivity index (χ3v) is 14.8. The second-order valence-electron chi connectivity index (χ2n) is 18.4. The summed E-state index contributed by atoms with van der Waals surface area (Å²) in [5.74, 6) is 1.66. The van der Waals surface area contributed by atoms with Gasteiger partial charge in [-0.1, -0.05) is 50.2 Å². The normalized spacial score (nSPS) is 16.9. The highest BCUT2D eigenvalue weighted by atomic mass is 32.2. The van der Waals surface area contributed by atoms with Crippen LogP contribution in [0.1, 0.15) is 87.2 Å². The van der Waals surface area contributed by atoms with E-state index in [-0.39, 0.29) is 54.2 Å². The van der Waals surface area contributed by atoms with Crippen LogP contribution in [0.5, 0.6) is 17.2 Å². The molecule has 4 aliphatic rings. The molecule has 0 N–H and O–H groups in total. The van der Waals surface area contributed by atoms with Crippen LogP contribution in [-0.2, 0) is 42.0 Å². The lowest BCUT2D eigenvalue weighted by molar-refractivity contribution is -0.118. The summed E-state index contributed by atoms with van der Waals surface area (Å²) in [6.07, 6.45) is 8.39. The van der Waals surface area contributed by atoms with E-state index in [1.54, 1.807) is 38.1 Å². The maximum absolute atomic E-state index is 14.1. The SMILES string of the molecule is COCCN(CC(=O)CCC(C)(C)SC)c1cc(COc2cc3c(cc2C)C(=O)N2c4ccccc4C[C@H]2CC3)cc(COc2cc3c(cc2OC)C(=O)N2c4ccccc4C[C@H]2C=N3)c1. The molecule has 12 heteroatoms. The number of Topliss-reactive ketones (excluding diaryl/α,β-unsaturated/α-hetero) is 1. The minimum Gasteiger partial charge on any atom is -0.493 e. The molecule has 0 unspecified atom stereocenters. The topological polar surface area (TPSA) is 110 Å². The van der Waals surface area contributed by atoms with Crippen LogP contribution < -0.4 is 28.9 Å². The Kier molecular flexibility index (Phi) is 13.0. The summed E-state index contributed by atoms with van der Waals surface area (Å²) < 4.78 is 24.6. The van der Waals surface area contributed by atoms with Gasteiger partial charge in [0.15, 0.2) is 17.3 Å². The van der Waals surface area contributed by atoms with Gasteiger partial charge in [-0.05, 0) is 121 Å². The predicted molar refractivity (Wildman–Crippen MR) is 263 cm³/mol. The lowest BCUT2D eigenvalue weighted by atomic mass is 9.98. The number of ether oxygens (including phenoxy) is 4. The molecule has 2 amide bonds. The summed E-state index contributed by atoms with van der Waals surface area (Å²) in [5.41, 5.74) is 10.4. The number of rotatable bonds is 17. The van der Waals surface area contributed by atoms with Crippen LogP contribution in [0.4, 0.5) is 22.7 Å². The molecule has 4 aliphatic heterocycles. The molecule has 0 fully saturated rings. The molecule has 4 heterocycles. The molecular weight excluding hydrogens is 849 g/mol. The van der Waals surface area contributed by atoms with Crippen molar-refractivity contribution in [3.63, 3.8) is 0 Å². The fourth-order valence-corrected chi connectivity index (χ4v) is 9.95. The van der Waals surface area contributed by atoms with Crippen molar-refractivity contribution in [1.82, 2.24) is 0 Å². The van der Waals surface area contributed by atoms with Crippen LogP contribution in [0, 0.1) is 6.92 Å². The number of methoxy groups -OCH3 is 2. The van der Waals surface area contributed by atoms with Gasteiger partial charge in [-0.3, -0.25) is 24.3 Å². The lowest BCUT2D eigenvalue weighted by Gasteiger charge is -2.27. The third kappa shape index (κ3) is 9.18. The minimum atomic E-state index is -0.182. The molecule has 9 rings (SSSR count). The fraction of sp³-hybridized carbons (Fsp3) is 0.370. The molecular formula is C54H58N4O7S. The number of carbonyl (C=O) groups excluding carboxylic acids is 3. The second kappa shape index (κ2) is 19.0. The van der Waals surface area contributed by atoms with Crippen LogP contribution >= 0.6 is 11.8 Å². The molecule has 0 saturated heterocycles. The summed E-state index contributed by atoms with van der Waals surface area (Å²) in [4.78, 5) is 52.5. The number of aryl methyl sites for hydroxylation is 2. The standard InChI is InChI=1S/C54H58N4O7S/c1-34-21-44-37(15-16-40-25-38-11-7-9-13-47(38)57(40)52(44)60)27-49(34)64-32-35-22-36(24-41(23-35)56(19-20-62-4)31-43(59)17-18-54(2,3)66-6)33-65-51-29-46-45(28-50(51)63-5)53(61)58-42(30-55-46)26-39-12-8-10-14-48(39)58/h7-14,21-24,27-30,40,42H,15-20,25-26,31-33H2,1-6H3/t40-,42+/m1/s1. The van der Waals surface area contributed by atoms with Crippen LogP contribution in [0.2, 0.25) is 0 Å². The largest absolute Gasteiger partial charge is 0.493 e. The highest BCUT2D eigenvalue weighted by molar-refractivity contribution is 7.99. The highest BCUT2D eigenvalue weighted by Gasteiger charge is 2.38. The summed E-state index contributed by atoms with van der Waals surface area (Å²) in [5, 5.41) is 0. The van der Waals surface area contributed by atoms with Crippen LogP contribution in [0.25, 0.3) is 0 Å². The Bertz CT molecular complexity index is 2720. The Morgan fingerprint density at radius 3 is 2.20 bits per heavy atom. The number of benzene rings is 5. The molecule has 0 saturated carbocycles. The fourth-order valence-electron chi connectivity index (χ4n) is 9.65. The van der Waals surface area contributed by atoms with Gasteiger partial charge in [-0.2, -0.15) is 11.8 Å². The van der Waals surface area contributed by atoms with Gasteiger partial charge in [0.25, 0.3) is 11.8 Å². The van der Waals surface area contributed by atoms with E-state index in [9.17, 15) is 14.4 Å². The first-order valence-electron chi connectivity index (χ1n) is 22.9. The van der Waals surface area contributed by atoms with Crippen LogP contribution in [0.15, 0.2) is 96.0 Å². The molecule has 0 bridgehead atoms. The van der Waals surface area contributed by atoms with E-state index in [0.717, 1.165) is 81.9 Å². The first kappa shape index (κ1) is 45.1. The summed E-state index contributed by atoms with van der Waals surface area (Å²) in [7, 11) is 3.23. The van der Waals surface area contributed by atoms with Crippen molar-refractivity contribution in [3.05, 3.63) is 136 Å². The van der Waals surface area contributed by atoms with Crippen molar-refractivity contribution in [2.24, 2.45) is 4.99 Å². The number of para-hydroxylation sites is 2. The number of thioether (sulfide) groups is 1. The Balaban J connectivity index is 0.994. The van der Waals surface area contributed by atoms with Gasteiger partial charge < -0.3 is 28.7 Å². The van der Waals surface area contributed by atoms with E-state index in [1.165, 1.54) is 5.56 Å². The number of aliphatic imine (C=N–C) groups is 1. The zero-order chi connectivity index (χ0) is 46.1. The first-order valence-corrected chi connectivity index (χ1v) is 24.1. The molecule has 342 valence electrons. The number of amides is 2. The van der Waals surface area contributed by atoms with E-state index < -0.39 is 0 Å². The monoisotopic (exact) mass is 906 g/mol. The van der Waals surface area contributed by atoms with Crippen molar-refractivity contribution in [1.29, 1.82) is 0 Å². The van der Waals surface area contributed by atoms with Crippen molar-refractivity contribution >= 4 is 58.3 Å². The molecule has 0 aromatic heterocycles. The Hall–Kier alpha value is -6.11. The van der Waals surface area contributed by atoms with E-state index >= 15 is 0 Å². The number of nitrogens with zero attached hydrogens (tertiary/aromatic N) is 4. The smallest absolute Gasteiger partial charge is 0.261 e. The van der Waals surface area contributed by atoms with Gasteiger partial charge in [0.2, 0.25) is 0 Å². The minimum absolute atomic E-state index is 0.00446. The quantitative estimate of drug-likeness (QED) is 0.0901. The van der Waals surface area contributed by atoms with Gasteiger partial charge in [0.05, 0.1) is 37.6 Å². The number of fused-ring (bicyclic) bond motifs is 8. The molecule has 0 spiro atoms. The van der Waals surface area contributed by atoms with Gasteiger partial charge in [0.1, 0.15) is 19.0 Å². The third-order valence-electron chi connectivity index (χ3n) is 13.5. The Morgan fingerprint density at radius 2 is 1.48 bits per heavy atom. The number of hydrogen-bond donors (Lipinski definition) is 0. The molecule has 5 aromatic carbocycles. The first-order chi connectivity index (χ1) is 31.9. The average Bonchev–Trinajstić information content (AvgIpc) is 3.82. The van der Waals surface area contributed by atoms with Gasteiger partial charge in [0, 0.05) is 72.2 Å². The van der Waals surface area contributed by atoms with Crippen molar-refractivity contribution in [2.75, 3.05) is 54.9 Å². The van der Waals surface area contributed by atoms with Crippen molar-refractivity contribution in [3.8, 4) is 17.2 Å². The van der Waals surface area contributed by atoms with E-state index in [2.05, 4.69) is 55.3 Å². The maximum atomic E-state index is 14.1. The zero-order valence-corrected chi connectivity index (χ0v) is 39.5. The van der Waals surface area contributed by atoms with Gasteiger partial charge in [-0.25, -0.2) is 0 Å². The highest BCUT2D eigenvalue weighted by Crippen LogP contribution is 2.42. The molecule has 5 aromatic rings.